The van der Waals surface area contributed by atoms with E-state index in [1.807, 2.05) is 6.92 Å². The van der Waals surface area contributed by atoms with Crippen molar-refractivity contribution in [2.24, 2.45) is 0 Å². The van der Waals surface area contributed by atoms with Crippen molar-refractivity contribution in [1.82, 2.24) is 5.32 Å². The summed E-state index contributed by atoms with van der Waals surface area (Å²) < 4.78 is 5.39. The fourth-order valence-electron chi connectivity index (χ4n) is 2.49. The fourth-order valence-corrected chi connectivity index (χ4v) is 2.49. The van der Waals surface area contributed by atoms with E-state index in [1.54, 1.807) is 18.2 Å². The van der Waals surface area contributed by atoms with Crippen LogP contribution >= 0.6 is 0 Å². The first kappa shape index (κ1) is 14.7. The highest BCUT2D eigenvalue weighted by atomic mass is 16.5. The Morgan fingerprint density at radius 2 is 2.05 bits per heavy atom. The molecule has 20 heavy (non-hydrogen) atoms. The molecule has 0 aromatic heterocycles. The second kappa shape index (κ2) is 6.61. The maximum absolute atomic E-state index is 12.2. The molecule has 1 amide bonds. The standard InChI is InChI=1S/C15H22N2O3/c1-2-20-14-8-10(7-11(16)9-14)15(19)17-12-3-5-13(18)6-4-12/h7-9,12-13,18H,2-6,16H2,1H3,(H,17,19). The van der Waals surface area contributed by atoms with Gasteiger partial charge in [-0.3, -0.25) is 4.79 Å². The lowest BCUT2D eigenvalue weighted by Crippen LogP contribution is -2.38. The highest BCUT2D eigenvalue weighted by Gasteiger charge is 2.21. The van der Waals surface area contributed by atoms with E-state index < -0.39 is 0 Å². The van der Waals surface area contributed by atoms with Crippen LogP contribution in [0.15, 0.2) is 18.2 Å². The molecular formula is C15H22N2O3. The number of aliphatic hydroxyl groups excluding tert-OH is 1. The van der Waals surface area contributed by atoms with E-state index in [-0.39, 0.29) is 18.1 Å². The number of nitrogens with two attached hydrogens (primary N) is 1. The summed E-state index contributed by atoms with van der Waals surface area (Å²) in [6.07, 6.45) is 2.89. The van der Waals surface area contributed by atoms with Crippen LogP contribution in [-0.2, 0) is 0 Å². The number of nitrogen functional groups attached to an aromatic ring is 1. The maximum atomic E-state index is 12.2. The van der Waals surface area contributed by atoms with Gasteiger partial charge in [0.1, 0.15) is 5.75 Å². The molecule has 5 heteroatoms. The molecule has 0 spiro atoms. The predicted octanol–water partition coefficient (Wildman–Crippen LogP) is 1.70. The van der Waals surface area contributed by atoms with Crippen LogP contribution in [-0.4, -0.2) is 29.8 Å². The van der Waals surface area contributed by atoms with E-state index in [0.717, 1.165) is 25.7 Å². The van der Waals surface area contributed by atoms with Crippen LogP contribution in [0.25, 0.3) is 0 Å². The zero-order valence-electron chi connectivity index (χ0n) is 11.8. The summed E-state index contributed by atoms with van der Waals surface area (Å²) in [6, 6.07) is 5.18. The maximum Gasteiger partial charge on any atom is 0.251 e. The van der Waals surface area contributed by atoms with Gasteiger partial charge in [0.2, 0.25) is 0 Å². The summed E-state index contributed by atoms with van der Waals surface area (Å²) in [7, 11) is 0. The molecule has 0 radical (unpaired) electrons. The van der Waals surface area contributed by atoms with Crippen LogP contribution in [0.1, 0.15) is 43.0 Å². The van der Waals surface area contributed by atoms with Gasteiger partial charge in [-0.05, 0) is 44.7 Å². The van der Waals surface area contributed by atoms with Crippen LogP contribution in [0.5, 0.6) is 5.75 Å². The second-order valence-corrected chi connectivity index (χ2v) is 5.20. The Morgan fingerprint density at radius 1 is 1.35 bits per heavy atom. The summed E-state index contributed by atoms with van der Waals surface area (Å²) in [6.45, 7) is 2.42. The van der Waals surface area contributed by atoms with Gasteiger partial charge >= 0.3 is 0 Å². The number of ether oxygens (including phenoxy) is 1. The van der Waals surface area contributed by atoms with Gasteiger partial charge in [0.25, 0.3) is 5.91 Å². The number of hydrogen-bond acceptors (Lipinski definition) is 4. The topological polar surface area (TPSA) is 84.6 Å². The number of carbonyl (C=O) groups excluding carboxylic acids is 1. The van der Waals surface area contributed by atoms with Crippen LogP contribution in [0, 0.1) is 0 Å². The average Bonchev–Trinajstić information content (AvgIpc) is 2.41. The van der Waals surface area contributed by atoms with Crippen molar-refractivity contribution in [1.29, 1.82) is 0 Å². The summed E-state index contributed by atoms with van der Waals surface area (Å²) >= 11 is 0. The van der Waals surface area contributed by atoms with Gasteiger partial charge in [0.15, 0.2) is 0 Å². The van der Waals surface area contributed by atoms with Crippen molar-refractivity contribution in [2.45, 2.75) is 44.8 Å². The number of carbonyl (C=O) groups is 1. The Balaban J connectivity index is 2.01. The van der Waals surface area contributed by atoms with E-state index in [9.17, 15) is 9.90 Å². The third kappa shape index (κ3) is 3.87. The van der Waals surface area contributed by atoms with E-state index >= 15 is 0 Å². The number of benzene rings is 1. The van der Waals surface area contributed by atoms with Crippen molar-refractivity contribution in [3.8, 4) is 5.75 Å². The third-order valence-electron chi connectivity index (χ3n) is 3.53. The predicted molar refractivity (Wildman–Crippen MR) is 77.8 cm³/mol. The van der Waals surface area contributed by atoms with Gasteiger partial charge in [-0.1, -0.05) is 0 Å². The van der Waals surface area contributed by atoms with Gasteiger partial charge in [0.05, 0.1) is 12.7 Å². The molecule has 1 saturated carbocycles. The molecule has 0 bridgehead atoms. The van der Waals surface area contributed by atoms with Gasteiger partial charge in [-0.15, -0.1) is 0 Å². The lowest BCUT2D eigenvalue weighted by atomic mass is 9.93. The van der Waals surface area contributed by atoms with Crippen LogP contribution < -0.4 is 15.8 Å². The summed E-state index contributed by atoms with van der Waals surface area (Å²) in [5, 5.41) is 12.5. The molecule has 0 aliphatic heterocycles. The smallest absolute Gasteiger partial charge is 0.251 e. The lowest BCUT2D eigenvalue weighted by molar-refractivity contribution is 0.0867. The van der Waals surface area contributed by atoms with Gasteiger partial charge < -0.3 is 20.9 Å². The zero-order chi connectivity index (χ0) is 14.5. The minimum Gasteiger partial charge on any atom is -0.494 e. The molecule has 1 fully saturated rings. The molecule has 5 nitrogen and oxygen atoms in total. The SMILES string of the molecule is CCOc1cc(N)cc(C(=O)NC2CCC(O)CC2)c1. The fraction of sp³-hybridized carbons (Fsp3) is 0.533. The Kier molecular flexibility index (Phi) is 4.84. The van der Waals surface area contributed by atoms with Crippen LogP contribution in [0.4, 0.5) is 5.69 Å². The Morgan fingerprint density at radius 3 is 2.70 bits per heavy atom. The quantitative estimate of drug-likeness (QED) is 0.732. The van der Waals surface area contributed by atoms with Crippen LogP contribution in [0.2, 0.25) is 0 Å². The minimum atomic E-state index is -0.222. The van der Waals surface area contributed by atoms with Crippen LogP contribution in [0.3, 0.4) is 0 Å². The van der Waals surface area contributed by atoms with Crippen molar-refractivity contribution >= 4 is 11.6 Å². The third-order valence-corrected chi connectivity index (χ3v) is 3.53. The first-order valence-corrected chi connectivity index (χ1v) is 7.10. The Hall–Kier alpha value is -1.75. The first-order chi connectivity index (χ1) is 9.58. The van der Waals surface area contributed by atoms with Crippen molar-refractivity contribution in [3.05, 3.63) is 23.8 Å². The van der Waals surface area contributed by atoms with Crippen molar-refractivity contribution in [3.63, 3.8) is 0 Å². The van der Waals surface area contributed by atoms with E-state index in [0.29, 0.717) is 23.6 Å². The molecule has 110 valence electrons. The summed E-state index contributed by atoms with van der Waals surface area (Å²) in [5.41, 5.74) is 6.81. The number of aliphatic hydroxyl groups is 1. The molecule has 1 aliphatic rings. The van der Waals surface area contributed by atoms with Gasteiger partial charge in [-0.25, -0.2) is 0 Å². The molecule has 0 saturated heterocycles. The molecule has 1 aromatic carbocycles. The number of nitrogens with one attached hydrogen (secondary N) is 1. The highest BCUT2D eigenvalue weighted by molar-refractivity contribution is 5.95. The Labute approximate surface area is 119 Å². The molecule has 1 aromatic rings. The largest absolute Gasteiger partial charge is 0.494 e. The molecular weight excluding hydrogens is 256 g/mol. The molecule has 1 aliphatic carbocycles. The number of hydrogen-bond donors (Lipinski definition) is 3. The average molecular weight is 278 g/mol. The van der Waals surface area contributed by atoms with E-state index in [1.165, 1.54) is 0 Å². The second-order valence-electron chi connectivity index (χ2n) is 5.20. The molecule has 2 rings (SSSR count). The lowest BCUT2D eigenvalue weighted by Gasteiger charge is -2.26. The minimum absolute atomic E-state index is 0.128. The molecule has 0 unspecified atom stereocenters. The molecule has 0 heterocycles. The van der Waals surface area contributed by atoms with E-state index in [4.69, 9.17) is 10.5 Å². The molecule has 0 atom stereocenters. The van der Waals surface area contributed by atoms with Gasteiger partial charge in [-0.2, -0.15) is 0 Å². The van der Waals surface area contributed by atoms with Crippen molar-refractivity contribution in [2.75, 3.05) is 12.3 Å². The van der Waals surface area contributed by atoms with Crippen molar-refractivity contribution < 1.29 is 14.6 Å². The normalized spacial score (nSPS) is 22.3. The summed E-state index contributed by atoms with van der Waals surface area (Å²) in [5.74, 6) is 0.469. The summed E-state index contributed by atoms with van der Waals surface area (Å²) in [4.78, 5) is 12.2. The number of amides is 1. The number of rotatable bonds is 4. The zero-order valence-corrected chi connectivity index (χ0v) is 11.8. The van der Waals surface area contributed by atoms with E-state index in [2.05, 4.69) is 5.32 Å². The Bertz CT molecular complexity index is 468. The monoisotopic (exact) mass is 278 g/mol. The van der Waals surface area contributed by atoms with Gasteiger partial charge in [0, 0.05) is 23.4 Å². The first-order valence-electron chi connectivity index (χ1n) is 7.10. The number of anilines is 1. The molecule has 4 N–H and O–H groups in total. The highest BCUT2D eigenvalue weighted by Crippen LogP contribution is 2.21.